The average Bonchev–Trinajstić information content (AvgIpc) is 2.76. The molecule has 0 aromatic heterocycles. The summed E-state index contributed by atoms with van der Waals surface area (Å²) in [5, 5.41) is 0. The highest BCUT2D eigenvalue weighted by Gasteiger charge is 2.41. The Labute approximate surface area is 156 Å². The third-order valence-electron chi connectivity index (χ3n) is 4.50. The Balaban J connectivity index is 1.88. The van der Waals surface area contributed by atoms with E-state index < -0.39 is 0 Å². The molecule has 2 aliphatic rings. The average molecular weight is 362 g/mol. The summed E-state index contributed by atoms with van der Waals surface area (Å²) in [4.78, 5) is 28.1. The maximum absolute atomic E-state index is 13.0. The molecule has 0 N–H and O–H groups in total. The van der Waals surface area contributed by atoms with Crippen molar-refractivity contribution in [3.8, 4) is 0 Å². The van der Waals surface area contributed by atoms with Gasteiger partial charge in [0.1, 0.15) is 0 Å². The zero-order valence-corrected chi connectivity index (χ0v) is 15.6. The third kappa shape index (κ3) is 2.59. The van der Waals surface area contributed by atoms with Crippen molar-refractivity contribution in [2.75, 3.05) is 0 Å². The molecule has 4 nitrogen and oxygen atoms in total. The van der Waals surface area contributed by atoms with E-state index in [1.165, 1.54) is 16.8 Å². The number of carbonyl (C=O) groups is 2. The number of amidine groups is 1. The molecule has 0 aliphatic carbocycles. The van der Waals surface area contributed by atoms with Gasteiger partial charge in [-0.2, -0.15) is 4.40 Å². The van der Waals surface area contributed by atoms with Crippen molar-refractivity contribution in [1.29, 1.82) is 0 Å². The molecule has 2 heterocycles. The summed E-state index contributed by atoms with van der Waals surface area (Å²) in [6, 6.07) is 14.9. The Bertz CT molecular complexity index is 964. The number of hydrogen-bond donors (Lipinski definition) is 0. The van der Waals surface area contributed by atoms with Gasteiger partial charge in [0.05, 0.1) is 11.1 Å². The first-order valence-corrected chi connectivity index (χ1v) is 9.19. The van der Waals surface area contributed by atoms with Gasteiger partial charge in [0.15, 0.2) is 5.84 Å². The largest absolute Gasteiger partial charge is 0.268 e. The van der Waals surface area contributed by atoms with Crippen LogP contribution in [0.25, 0.3) is 6.08 Å². The van der Waals surface area contributed by atoms with Crippen molar-refractivity contribution in [2.24, 2.45) is 9.81 Å². The van der Waals surface area contributed by atoms with Crippen LogP contribution in [-0.4, -0.2) is 22.5 Å². The molecular weight excluding hydrogens is 344 g/mol. The van der Waals surface area contributed by atoms with Crippen molar-refractivity contribution < 1.29 is 9.59 Å². The first-order valence-electron chi connectivity index (χ1n) is 8.42. The van der Waals surface area contributed by atoms with E-state index in [0.717, 1.165) is 16.0 Å². The second kappa shape index (κ2) is 5.95. The molecule has 4 rings (SSSR count). The fourth-order valence-electron chi connectivity index (χ4n) is 3.14. The molecule has 0 saturated carbocycles. The molecule has 5 heteroatoms. The molecule has 2 amide bonds. The molecule has 0 fully saturated rings. The van der Waals surface area contributed by atoms with Gasteiger partial charge in [-0.3, -0.25) is 9.59 Å². The zero-order chi connectivity index (χ0) is 18.5. The van der Waals surface area contributed by atoms with Crippen molar-refractivity contribution in [3.05, 3.63) is 70.8 Å². The van der Waals surface area contributed by atoms with Crippen LogP contribution in [0.2, 0.25) is 0 Å². The highest BCUT2D eigenvalue weighted by Crippen LogP contribution is 2.38. The second-order valence-electron chi connectivity index (χ2n) is 7.34. The standard InChI is InChI=1S/C21H18N2O2S/c1-21(2,3)16-12-13-8-4-7-11-17(13)26-22-18(16)23-19(24)14-9-5-6-10-15(14)20(23)25/h4-12H,1-3H3. The Kier molecular flexibility index (Phi) is 3.84. The molecule has 0 spiro atoms. The van der Waals surface area contributed by atoms with E-state index in [1.807, 2.05) is 30.3 Å². The number of nitrogens with zero attached hydrogens (tertiary/aromatic N) is 2. The van der Waals surface area contributed by atoms with Gasteiger partial charge in [-0.25, -0.2) is 4.90 Å². The van der Waals surface area contributed by atoms with Crippen LogP contribution in [0.5, 0.6) is 0 Å². The Morgan fingerprint density at radius 1 is 0.885 bits per heavy atom. The lowest BCUT2D eigenvalue weighted by atomic mass is 9.84. The molecular formula is C21H18N2O2S. The molecule has 0 atom stereocenters. The van der Waals surface area contributed by atoms with E-state index in [1.54, 1.807) is 24.3 Å². The number of carbonyl (C=O) groups excluding carboxylic acids is 2. The Morgan fingerprint density at radius 3 is 2.08 bits per heavy atom. The summed E-state index contributed by atoms with van der Waals surface area (Å²) in [5.41, 5.74) is 2.48. The van der Waals surface area contributed by atoms with Crippen LogP contribution in [0.3, 0.4) is 0 Å². The maximum Gasteiger partial charge on any atom is 0.267 e. The number of hydrogen-bond acceptors (Lipinski definition) is 4. The molecule has 2 aliphatic heterocycles. The minimum Gasteiger partial charge on any atom is -0.268 e. The van der Waals surface area contributed by atoms with Crippen molar-refractivity contribution in [3.63, 3.8) is 0 Å². The molecule has 0 radical (unpaired) electrons. The number of fused-ring (bicyclic) bond motifs is 2. The minimum atomic E-state index is -0.314. The van der Waals surface area contributed by atoms with Gasteiger partial charge in [-0.05, 0) is 35.3 Å². The summed E-state index contributed by atoms with van der Waals surface area (Å²) in [6.07, 6.45) is 2.04. The van der Waals surface area contributed by atoms with Gasteiger partial charge in [0, 0.05) is 22.4 Å². The smallest absolute Gasteiger partial charge is 0.267 e. The van der Waals surface area contributed by atoms with E-state index in [9.17, 15) is 9.59 Å². The fourth-order valence-corrected chi connectivity index (χ4v) is 3.88. The lowest BCUT2D eigenvalue weighted by Crippen LogP contribution is -2.39. The van der Waals surface area contributed by atoms with Gasteiger partial charge in [-0.1, -0.05) is 51.1 Å². The monoisotopic (exact) mass is 362 g/mol. The van der Waals surface area contributed by atoms with Crippen LogP contribution in [0.15, 0.2) is 63.4 Å². The first-order chi connectivity index (χ1) is 12.4. The quantitative estimate of drug-likeness (QED) is 0.498. The lowest BCUT2D eigenvalue weighted by Gasteiger charge is -2.27. The molecule has 2 aromatic carbocycles. The highest BCUT2D eigenvalue weighted by atomic mass is 32.2. The number of imide groups is 1. The number of benzene rings is 2. The fraction of sp³-hybridized carbons (Fsp3) is 0.190. The number of amides is 2. The van der Waals surface area contributed by atoms with E-state index >= 15 is 0 Å². The zero-order valence-electron chi connectivity index (χ0n) is 14.8. The first kappa shape index (κ1) is 16.8. The van der Waals surface area contributed by atoms with Crippen LogP contribution in [-0.2, 0) is 0 Å². The Morgan fingerprint density at radius 2 is 1.46 bits per heavy atom. The second-order valence-corrected chi connectivity index (χ2v) is 8.15. The summed E-state index contributed by atoms with van der Waals surface area (Å²) in [6.45, 7) is 6.18. The molecule has 130 valence electrons. The predicted octanol–water partition coefficient (Wildman–Crippen LogP) is 4.83. The van der Waals surface area contributed by atoms with Gasteiger partial charge >= 0.3 is 0 Å². The molecule has 0 unspecified atom stereocenters. The minimum absolute atomic E-state index is 0.286. The summed E-state index contributed by atoms with van der Waals surface area (Å²) >= 11 is 1.30. The summed E-state index contributed by atoms with van der Waals surface area (Å²) < 4.78 is 4.63. The molecule has 2 aromatic rings. The van der Waals surface area contributed by atoms with Crippen molar-refractivity contribution >= 4 is 35.7 Å². The van der Waals surface area contributed by atoms with E-state index in [4.69, 9.17) is 0 Å². The highest BCUT2D eigenvalue weighted by molar-refractivity contribution is 7.98. The van der Waals surface area contributed by atoms with Crippen LogP contribution in [0, 0.1) is 5.41 Å². The van der Waals surface area contributed by atoms with Crippen LogP contribution in [0.4, 0.5) is 0 Å². The molecule has 26 heavy (non-hydrogen) atoms. The summed E-state index contributed by atoms with van der Waals surface area (Å²) in [7, 11) is 0. The number of rotatable bonds is 0. The SMILES string of the molecule is CC(C)(C)C1=Cc2ccccc2SN=C1N1C(=O)c2ccccc2C1=O. The third-order valence-corrected chi connectivity index (χ3v) is 5.34. The van der Waals surface area contributed by atoms with Crippen LogP contribution < -0.4 is 0 Å². The summed E-state index contributed by atoms with van der Waals surface area (Å²) in [5.74, 6) is -0.206. The molecule has 0 saturated heterocycles. The lowest BCUT2D eigenvalue weighted by molar-refractivity contribution is 0.0748. The van der Waals surface area contributed by atoms with E-state index in [-0.39, 0.29) is 17.2 Å². The van der Waals surface area contributed by atoms with Gasteiger partial charge < -0.3 is 0 Å². The van der Waals surface area contributed by atoms with Crippen molar-refractivity contribution in [2.45, 2.75) is 25.7 Å². The van der Waals surface area contributed by atoms with E-state index in [2.05, 4.69) is 25.2 Å². The topological polar surface area (TPSA) is 49.7 Å². The molecule has 0 bridgehead atoms. The van der Waals surface area contributed by atoms with Crippen LogP contribution >= 0.6 is 11.9 Å². The van der Waals surface area contributed by atoms with Gasteiger partial charge in [-0.15, -0.1) is 0 Å². The maximum atomic E-state index is 13.0. The van der Waals surface area contributed by atoms with Gasteiger partial charge in [0.2, 0.25) is 0 Å². The van der Waals surface area contributed by atoms with E-state index in [0.29, 0.717) is 17.0 Å². The van der Waals surface area contributed by atoms with Crippen molar-refractivity contribution in [1.82, 2.24) is 4.90 Å². The normalized spacial score (nSPS) is 16.7. The van der Waals surface area contributed by atoms with Gasteiger partial charge in [0.25, 0.3) is 11.8 Å². The Hall–Kier alpha value is -2.66. The predicted molar refractivity (Wildman–Crippen MR) is 104 cm³/mol. The van der Waals surface area contributed by atoms with Crippen LogP contribution in [0.1, 0.15) is 47.1 Å².